The average molecular weight is 258 g/mol. The summed E-state index contributed by atoms with van der Waals surface area (Å²) < 4.78 is 9.85. The van der Waals surface area contributed by atoms with Gasteiger partial charge in [-0.25, -0.2) is 4.79 Å². The van der Waals surface area contributed by atoms with Gasteiger partial charge in [0.1, 0.15) is 0 Å². The molecule has 0 radical (unpaired) electrons. The Balaban J connectivity index is 4.13. The van der Waals surface area contributed by atoms with Gasteiger partial charge in [-0.3, -0.25) is 4.79 Å². The van der Waals surface area contributed by atoms with Crippen molar-refractivity contribution in [1.29, 1.82) is 0 Å². The summed E-state index contributed by atoms with van der Waals surface area (Å²) in [6.45, 7) is 9.76. The van der Waals surface area contributed by atoms with Gasteiger partial charge in [-0.15, -0.1) is 0 Å². The number of hydrogen-bond acceptors (Lipinski definition) is 4. The summed E-state index contributed by atoms with van der Waals surface area (Å²) in [4.78, 5) is 23.0. The maximum Gasteiger partial charge on any atom is 0.347 e. The summed E-state index contributed by atoms with van der Waals surface area (Å²) in [7, 11) is 0. The van der Waals surface area contributed by atoms with E-state index in [0.29, 0.717) is 13.0 Å². The van der Waals surface area contributed by atoms with Crippen LogP contribution in [0.1, 0.15) is 60.3 Å². The minimum absolute atomic E-state index is 0.0819. The summed E-state index contributed by atoms with van der Waals surface area (Å²) in [5.74, 6) is -0.825. The van der Waals surface area contributed by atoms with Crippen LogP contribution < -0.4 is 0 Å². The second kappa shape index (κ2) is 8.11. The molecule has 0 fully saturated rings. The highest BCUT2D eigenvalue weighted by Crippen LogP contribution is 2.28. The third-order valence-electron chi connectivity index (χ3n) is 2.76. The van der Waals surface area contributed by atoms with Crippen LogP contribution in [0.5, 0.6) is 0 Å². The van der Waals surface area contributed by atoms with Gasteiger partial charge in [0.05, 0.1) is 13.0 Å². The van der Waals surface area contributed by atoms with Crippen LogP contribution in [0.3, 0.4) is 0 Å². The van der Waals surface area contributed by atoms with Crippen LogP contribution in [-0.4, -0.2) is 24.6 Å². The van der Waals surface area contributed by atoms with E-state index in [9.17, 15) is 9.59 Å². The molecular weight excluding hydrogens is 232 g/mol. The molecule has 0 aliphatic carbocycles. The van der Waals surface area contributed by atoms with Gasteiger partial charge in [0.2, 0.25) is 0 Å². The van der Waals surface area contributed by atoms with Gasteiger partial charge < -0.3 is 9.47 Å². The molecule has 0 N–H and O–H groups in total. The first kappa shape index (κ1) is 16.9. The molecule has 0 spiro atoms. The number of hydrogen-bond donors (Lipinski definition) is 0. The molecular formula is C14H26O4. The Kier molecular flexibility index (Phi) is 7.64. The van der Waals surface area contributed by atoms with Crippen molar-refractivity contribution >= 4 is 11.9 Å². The van der Waals surface area contributed by atoms with E-state index in [1.807, 2.05) is 13.8 Å². The fourth-order valence-electron chi connectivity index (χ4n) is 1.68. The summed E-state index contributed by atoms with van der Waals surface area (Å²) in [6.07, 6.45) is 2.69. The van der Waals surface area contributed by atoms with E-state index >= 15 is 0 Å². The van der Waals surface area contributed by atoms with E-state index in [2.05, 4.69) is 6.92 Å². The predicted octanol–water partition coefficient (Wildman–Crippen LogP) is 3.09. The third-order valence-corrected chi connectivity index (χ3v) is 2.76. The van der Waals surface area contributed by atoms with Crippen LogP contribution in [-0.2, 0) is 19.1 Å². The summed E-state index contributed by atoms with van der Waals surface area (Å²) >= 11 is 0. The van der Waals surface area contributed by atoms with Crippen molar-refractivity contribution in [2.45, 2.75) is 66.4 Å². The highest BCUT2D eigenvalue weighted by atomic mass is 16.6. The number of ether oxygens (including phenoxy) is 2. The monoisotopic (exact) mass is 258 g/mol. The van der Waals surface area contributed by atoms with Gasteiger partial charge in [0.25, 0.3) is 0 Å². The van der Waals surface area contributed by atoms with Crippen molar-refractivity contribution in [2.24, 2.45) is 5.41 Å². The van der Waals surface area contributed by atoms with Gasteiger partial charge in [-0.05, 0) is 25.7 Å². The number of rotatable bonds is 8. The number of carbonyl (C=O) groups is 2. The molecule has 0 bridgehead atoms. The van der Waals surface area contributed by atoms with Gasteiger partial charge in [-0.2, -0.15) is 0 Å². The number of unbranched alkanes of at least 4 members (excludes halogenated alkanes) is 1. The summed E-state index contributed by atoms with van der Waals surface area (Å²) in [5.41, 5.74) is -0.0819. The minimum atomic E-state index is -0.820. The van der Waals surface area contributed by atoms with Crippen molar-refractivity contribution in [1.82, 2.24) is 0 Å². The fraction of sp³-hybridized carbons (Fsp3) is 0.857. The zero-order valence-electron chi connectivity index (χ0n) is 12.2. The van der Waals surface area contributed by atoms with E-state index in [1.165, 1.54) is 6.92 Å². The Morgan fingerprint density at radius 1 is 1.22 bits per heavy atom. The van der Waals surface area contributed by atoms with Crippen LogP contribution in [0.15, 0.2) is 0 Å². The molecule has 0 rings (SSSR count). The zero-order chi connectivity index (χ0) is 14.2. The third kappa shape index (κ3) is 7.30. The maximum atomic E-state index is 11.7. The molecule has 0 amide bonds. The fourth-order valence-corrected chi connectivity index (χ4v) is 1.68. The Labute approximate surface area is 110 Å². The molecule has 0 saturated heterocycles. The molecule has 0 aromatic rings. The van der Waals surface area contributed by atoms with Crippen molar-refractivity contribution in [2.75, 3.05) is 6.61 Å². The van der Waals surface area contributed by atoms with E-state index in [1.54, 1.807) is 6.92 Å². The second-order valence-corrected chi connectivity index (χ2v) is 5.33. The first-order chi connectivity index (χ1) is 8.32. The van der Waals surface area contributed by atoms with Gasteiger partial charge in [0, 0.05) is 0 Å². The highest BCUT2D eigenvalue weighted by molar-refractivity contribution is 5.79. The van der Waals surface area contributed by atoms with E-state index in [4.69, 9.17) is 9.47 Å². The second-order valence-electron chi connectivity index (χ2n) is 5.33. The molecule has 1 atom stereocenters. The van der Waals surface area contributed by atoms with Gasteiger partial charge in [-0.1, -0.05) is 33.6 Å². The SMILES string of the molecule is CCCCC(C)(C)CC(=O)OC(C)C(=O)OCC. The lowest BCUT2D eigenvalue weighted by atomic mass is 9.84. The molecule has 0 aliphatic rings. The van der Waals surface area contributed by atoms with Crippen molar-refractivity contribution < 1.29 is 19.1 Å². The van der Waals surface area contributed by atoms with Crippen LogP contribution in [0.2, 0.25) is 0 Å². The Morgan fingerprint density at radius 3 is 2.33 bits per heavy atom. The van der Waals surface area contributed by atoms with Gasteiger partial charge >= 0.3 is 11.9 Å². The molecule has 106 valence electrons. The predicted molar refractivity (Wildman–Crippen MR) is 70.1 cm³/mol. The quantitative estimate of drug-likeness (QED) is 0.628. The normalized spacial score (nSPS) is 12.9. The highest BCUT2D eigenvalue weighted by Gasteiger charge is 2.25. The standard InChI is InChI=1S/C14H26O4/c1-6-8-9-14(4,5)10-12(15)18-11(3)13(16)17-7-2/h11H,6-10H2,1-5H3. The average Bonchev–Trinajstić information content (AvgIpc) is 2.25. The van der Waals surface area contributed by atoms with Crippen LogP contribution in [0, 0.1) is 5.41 Å². The maximum absolute atomic E-state index is 11.7. The Morgan fingerprint density at radius 2 is 1.83 bits per heavy atom. The topological polar surface area (TPSA) is 52.6 Å². The van der Waals surface area contributed by atoms with Crippen LogP contribution in [0.25, 0.3) is 0 Å². The molecule has 0 aromatic carbocycles. The lowest BCUT2D eigenvalue weighted by Gasteiger charge is -2.23. The van der Waals surface area contributed by atoms with Crippen molar-refractivity contribution in [3.05, 3.63) is 0 Å². The number of esters is 2. The number of carbonyl (C=O) groups excluding carboxylic acids is 2. The molecule has 4 nitrogen and oxygen atoms in total. The lowest BCUT2D eigenvalue weighted by molar-refractivity contribution is -0.167. The Bertz CT molecular complexity index is 271. The Hall–Kier alpha value is -1.06. The smallest absolute Gasteiger partial charge is 0.347 e. The zero-order valence-corrected chi connectivity index (χ0v) is 12.2. The van der Waals surface area contributed by atoms with E-state index < -0.39 is 12.1 Å². The molecule has 0 heterocycles. The molecule has 18 heavy (non-hydrogen) atoms. The van der Waals surface area contributed by atoms with Crippen LogP contribution in [0.4, 0.5) is 0 Å². The lowest BCUT2D eigenvalue weighted by Crippen LogP contribution is -2.28. The molecule has 0 aromatic heterocycles. The molecule has 0 aliphatic heterocycles. The summed E-state index contributed by atoms with van der Waals surface area (Å²) in [6, 6.07) is 0. The van der Waals surface area contributed by atoms with Gasteiger partial charge in [0.15, 0.2) is 6.10 Å². The molecule has 0 saturated carbocycles. The molecule has 4 heteroatoms. The van der Waals surface area contributed by atoms with E-state index in [0.717, 1.165) is 19.3 Å². The van der Waals surface area contributed by atoms with Crippen molar-refractivity contribution in [3.8, 4) is 0 Å². The van der Waals surface area contributed by atoms with E-state index in [-0.39, 0.29) is 11.4 Å². The van der Waals surface area contributed by atoms with Crippen LogP contribution >= 0.6 is 0 Å². The van der Waals surface area contributed by atoms with Crippen molar-refractivity contribution in [3.63, 3.8) is 0 Å². The molecule has 1 unspecified atom stereocenters. The first-order valence-corrected chi connectivity index (χ1v) is 6.68. The first-order valence-electron chi connectivity index (χ1n) is 6.68. The largest absolute Gasteiger partial charge is 0.463 e. The minimum Gasteiger partial charge on any atom is -0.463 e. The summed E-state index contributed by atoms with van der Waals surface area (Å²) in [5, 5.41) is 0.